The summed E-state index contributed by atoms with van der Waals surface area (Å²) in [7, 11) is 0. The standard InChI is InChI=1S/C23H22F5N5O3S/c24-17-11-31(12-18(17)25)7-5-14(9-21(35)36)32(13-34)20-10-19(33(30-20)22-29-6-8-37-22)15-3-1-2-4-16(15)23(26,27)28/h1-4,6,8,10,13-14,17-18H,5,7,9,11-12H2,(H,35,36)/t14-,17+,18+/m0/s1. The van der Waals surface area contributed by atoms with Gasteiger partial charge in [-0.1, -0.05) is 18.2 Å². The van der Waals surface area contributed by atoms with Gasteiger partial charge in [-0.25, -0.2) is 18.4 Å². The average molecular weight is 544 g/mol. The number of aromatic nitrogens is 3. The highest BCUT2D eigenvalue weighted by molar-refractivity contribution is 7.12. The van der Waals surface area contributed by atoms with Crippen molar-refractivity contribution in [3.63, 3.8) is 0 Å². The Labute approximate surface area is 211 Å². The van der Waals surface area contributed by atoms with Crippen LogP contribution in [0.1, 0.15) is 18.4 Å². The van der Waals surface area contributed by atoms with Gasteiger partial charge < -0.3 is 5.11 Å². The minimum Gasteiger partial charge on any atom is -0.481 e. The van der Waals surface area contributed by atoms with Crippen LogP contribution < -0.4 is 4.90 Å². The zero-order chi connectivity index (χ0) is 26.7. The van der Waals surface area contributed by atoms with Gasteiger partial charge in [-0.2, -0.15) is 13.2 Å². The number of carbonyl (C=O) groups is 2. The minimum atomic E-state index is -4.68. The second-order valence-electron chi connectivity index (χ2n) is 8.50. The molecule has 4 rings (SSSR count). The van der Waals surface area contributed by atoms with Gasteiger partial charge in [-0.3, -0.25) is 19.4 Å². The number of nitrogens with zero attached hydrogens (tertiary/aromatic N) is 5. The largest absolute Gasteiger partial charge is 0.481 e. The molecule has 1 aliphatic rings. The molecule has 0 radical (unpaired) electrons. The number of aliphatic carboxylic acids is 1. The molecular formula is C23H22F5N5O3S. The molecule has 1 fully saturated rings. The summed E-state index contributed by atoms with van der Waals surface area (Å²) < 4.78 is 69.7. The van der Waals surface area contributed by atoms with Gasteiger partial charge in [0.15, 0.2) is 5.82 Å². The van der Waals surface area contributed by atoms with Crippen molar-refractivity contribution in [2.45, 2.75) is 37.4 Å². The van der Waals surface area contributed by atoms with Gasteiger partial charge in [-0.15, -0.1) is 16.4 Å². The Morgan fingerprint density at radius 1 is 1.24 bits per heavy atom. The van der Waals surface area contributed by atoms with Crippen molar-refractivity contribution >= 4 is 29.5 Å². The average Bonchev–Trinajstić information content (AvgIpc) is 3.58. The smallest absolute Gasteiger partial charge is 0.417 e. The molecule has 0 aliphatic carbocycles. The van der Waals surface area contributed by atoms with Crippen LogP contribution in [-0.4, -0.2) is 75.2 Å². The highest BCUT2D eigenvalue weighted by Gasteiger charge is 2.36. The molecule has 1 N–H and O–H groups in total. The van der Waals surface area contributed by atoms with E-state index in [2.05, 4.69) is 10.1 Å². The van der Waals surface area contributed by atoms with E-state index in [0.717, 1.165) is 22.3 Å². The molecule has 2 aromatic heterocycles. The summed E-state index contributed by atoms with van der Waals surface area (Å²) in [6.45, 7) is -0.196. The lowest BCUT2D eigenvalue weighted by Crippen LogP contribution is -2.39. The molecule has 1 amide bonds. The normalized spacial score (nSPS) is 19.2. The SMILES string of the molecule is O=CN(c1cc(-c2ccccc2C(F)(F)F)n(-c2nccs2)n1)[C@@H](CCN1C[C@@H](F)[C@H](F)C1)CC(=O)O. The van der Waals surface area contributed by atoms with Crippen molar-refractivity contribution in [1.82, 2.24) is 19.7 Å². The first kappa shape index (κ1) is 26.7. The monoisotopic (exact) mass is 543 g/mol. The summed E-state index contributed by atoms with van der Waals surface area (Å²) in [6, 6.07) is 5.16. The summed E-state index contributed by atoms with van der Waals surface area (Å²) in [5.41, 5.74) is -1.13. The molecule has 0 spiro atoms. The van der Waals surface area contributed by atoms with Gasteiger partial charge in [0.25, 0.3) is 0 Å². The Balaban J connectivity index is 1.72. The zero-order valence-electron chi connectivity index (χ0n) is 19.2. The van der Waals surface area contributed by atoms with Crippen LogP contribution in [0.4, 0.5) is 27.8 Å². The molecule has 3 atom stereocenters. The van der Waals surface area contributed by atoms with E-state index in [4.69, 9.17) is 0 Å². The summed E-state index contributed by atoms with van der Waals surface area (Å²) >= 11 is 1.11. The van der Waals surface area contributed by atoms with Gasteiger partial charge in [0.1, 0.15) is 12.3 Å². The third-order valence-corrected chi connectivity index (χ3v) is 6.77. The fourth-order valence-electron chi connectivity index (χ4n) is 4.29. The van der Waals surface area contributed by atoms with E-state index in [1.54, 1.807) is 5.38 Å². The van der Waals surface area contributed by atoms with E-state index in [0.29, 0.717) is 6.41 Å². The number of likely N-dealkylation sites (tertiary alicyclic amines) is 1. The van der Waals surface area contributed by atoms with Crippen LogP contribution in [0.5, 0.6) is 0 Å². The first-order chi connectivity index (χ1) is 17.6. The fraction of sp³-hybridized carbons (Fsp3) is 0.391. The highest BCUT2D eigenvalue weighted by Crippen LogP contribution is 2.39. The number of rotatable bonds is 10. The number of hydrogen-bond acceptors (Lipinski definition) is 6. The number of carboxylic acids is 1. The molecule has 14 heteroatoms. The predicted octanol–water partition coefficient (Wildman–Crippen LogP) is 4.20. The van der Waals surface area contributed by atoms with Crippen LogP contribution in [0.25, 0.3) is 16.4 Å². The summed E-state index contributed by atoms with van der Waals surface area (Å²) in [4.78, 5) is 30.3. The molecule has 37 heavy (non-hydrogen) atoms. The number of hydrogen-bond donors (Lipinski definition) is 1. The molecule has 198 valence electrons. The van der Waals surface area contributed by atoms with Gasteiger partial charge in [0.2, 0.25) is 11.5 Å². The quantitative estimate of drug-likeness (QED) is 0.305. The lowest BCUT2D eigenvalue weighted by molar-refractivity contribution is -0.138. The van der Waals surface area contributed by atoms with E-state index in [9.17, 15) is 36.6 Å². The fourth-order valence-corrected chi connectivity index (χ4v) is 4.89. The van der Waals surface area contributed by atoms with Gasteiger partial charge in [-0.05, 0) is 12.5 Å². The first-order valence-corrected chi connectivity index (χ1v) is 12.1. The number of halogens is 5. The van der Waals surface area contributed by atoms with E-state index < -0.39 is 42.5 Å². The molecule has 0 saturated carbocycles. The molecular weight excluding hydrogens is 521 g/mol. The molecule has 0 unspecified atom stereocenters. The second-order valence-corrected chi connectivity index (χ2v) is 9.38. The van der Waals surface area contributed by atoms with E-state index in [-0.39, 0.29) is 48.3 Å². The molecule has 8 nitrogen and oxygen atoms in total. The summed E-state index contributed by atoms with van der Waals surface area (Å²) in [5.74, 6) is -1.32. The molecule has 1 aromatic carbocycles. The van der Waals surface area contributed by atoms with Crippen LogP contribution in [0, 0.1) is 0 Å². The minimum absolute atomic E-state index is 0.00103. The van der Waals surface area contributed by atoms with Crippen molar-refractivity contribution in [3.05, 3.63) is 47.5 Å². The van der Waals surface area contributed by atoms with Crippen molar-refractivity contribution in [2.24, 2.45) is 0 Å². The van der Waals surface area contributed by atoms with Crippen molar-refractivity contribution in [1.29, 1.82) is 0 Å². The number of thiazole rings is 1. The molecule has 1 saturated heterocycles. The molecule has 3 heterocycles. The highest BCUT2D eigenvalue weighted by atomic mass is 32.1. The third-order valence-electron chi connectivity index (χ3n) is 6.02. The lowest BCUT2D eigenvalue weighted by Gasteiger charge is -2.27. The zero-order valence-corrected chi connectivity index (χ0v) is 20.0. The number of anilines is 1. The lowest BCUT2D eigenvalue weighted by atomic mass is 10.0. The van der Waals surface area contributed by atoms with Crippen LogP contribution in [0.2, 0.25) is 0 Å². The van der Waals surface area contributed by atoms with Crippen LogP contribution >= 0.6 is 11.3 Å². The molecule has 0 bridgehead atoms. The molecule has 3 aromatic rings. The maximum atomic E-state index is 13.8. The van der Waals surface area contributed by atoms with Gasteiger partial charge >= 0.3 is 12.1 Å². The Hall–Kier alpha value is -3.39. The second kappa shape index (κ2) is 10.9. The van der Waals surface area contributed by atoms with Gasteiger partial charge in [0, 0.05) is 48.9 Å². The third kappa shape index (κ3) is 5.96. The number of carbonyl (C=O) groups excluding carboxylic acids is 1. The maximum absolute atomic E-state index is 13.8. The summed E-state index contributed by atoms with van der Waals surface area (Å²) in [6.07, 6.45) is -6.65. The Kier molecular flexibility index (Phi) is 7.87. The number of alkyl halides is 5. The first-order valence-electron chi connectivity index (χ1n) is 11.2. The van der Waals surface area contributed by atoms with Crippen molar-refractivity contribution in [3.8, 4) is 16.4 Å². The molecule has 1 aliphatic heterocycles. The van der Waals surface area contributed by atoms with Crippen LogP contribution in [0.15, 0.2) is 41.9 Å². The van der Waals surface area contributed by atoms with Crippen molar-refractivity contribution in [2.75, 3.05) is 24.5 Å². The predicted molar refractivity (Wildman–Crippen MR) is 125 cm³/mol. The topological polar surface area (TPSA) is 91.6 Å². The number of benzene rings is 1. The van der Waals surface area contributed by atoms with Gasteiger partial charge in [0.05, 0.1) is 17.7 Å². The van der Waals surface area contributed by atoms with Crippen LogP contribution in [0.3, 0.4) is 0 Å². The van der Waals surface area contributed by atoms with E-state index >= 15 is 0 Å². The maximum Gasteiger partial charge on any atom is 0.417 e. The van der Waals surface area contributed by atoms with E-state index in [1.807, 2.05) is 0 Å². The van der Waals surface area contributed by atoms with Crippen LogP contribution in [-0.2, 0) is 15.8 Å². The van der Waals surface area contributed by atoms with Crippen molar-refractivity contribution < 1.29 is 36.6 Å². The van der Waals surface area contributed by atoms with E-state index in [1.165, 1.54) is 40.0 Å². The Bertz CT molecular complexity index is 1230. The Morgan fingerprint density at radius 3 is 2.54 bits per heavy atom. The Morgan fingerprint density at radius 2 is 1.95 bits per heavy atom. The number of carboxylic acid groups (broad SMARTS) is 1. The number of amides is 1. The summed E-state index contributed by atoms with van der Waals surface area (Å²) in [5, 5.41) is 15.6.